The molecule has 6 nitrogen and oxygen atoms in total. The second kappa shape index (κ2) is 8.30. The second-order valence-electron chi connectivity index (χ2n) is 6.55. The van der Waals surface area contributed by atoms with Gasteiger partial charge in [0.1, 0.15) is 9.96 Å². The van der Waals surface area contributed by atoms with Crippen LogP contribution in [0.25, 0.3) is 0 Å². The van der Waals surface area contributed by atoms with E-state index in [4.69, 9.17) is 0 Å². The maximum atomic E-state index is 12.8. The maximum Gasteiger partial charge on any atom is 0.252 e. The lowest BCUT2D eigenvalue weighted by Gasteiger charge is -2.31. The van der Waals surface area contributed by atoms with Crippen molar-refractivity contribution in [1.82, 2.24) is 9.62 Å². The van der Waals surface area contributed by atoms with Crippen LogP contribution < -0.4 is 5.32 Å². The van der Waals surface area contributed by atoms with Gasteiger partial charge in [-0.25, -0.2) is 8.42 Å². The van der Waals surface area contributed by atoms with Gasteiger partial charge >= 0.3 is 0 Å². The second-order valence-corrected chi connectivity index (χ2v) is 11.2. The van der Waals surface area contributed by atoms with Crippen molar-refractivity contribution >= 4 is 43.2 Å². The molecule has 1 aromatic carbocycles. The fourth-order valence-electron chi connectivity index (χ4n) is 3.20. The predicted molar refractivity (Wildman–Crippen MR) is 108 cm³/mol. The number of piperidine rings is 1. The summed E-state index contributed by atoms with van der Waals surface area (Å²) in [7, 11) is -3.59. The van der Waals surface area contributed by atoms with Gasteiger partial charge in [-0.1, -0.05) is 18.2 Å². The summed E-state index contributed by atoms with van der Waals surface area (Å²) in [5.74, 6) is -0.482. The van der Waals surface area contributed by atoms with Gasteiger partial charge in [0.05, 0.1) is 15.7 Å². The molecule has 9 heteroatoms. The Kier molecular flexibility index (Phi) is 6.25. The van der Waals surface area contributed by atoms with E-state index in [1.165, 1.54) is 15.6 Å². The average Bonchev–Trinajstić information content (AvgIpc) is 3.09. The molecule has 1 saturated heterocycles. The number of phenols is 1. The molecule has 146 valence electrons. The fourth-order valence-corrected chi connectivity index (χ4v) is 6.89. The monoisotopic (exact) mass is 472 g/mol. The van der Waals surface area contributed by atoms with Crippen LogP contribution >= 0.6 is 27.3 Å². The van der Waals surface area contributed by atoms with Crippen LogP contribution in [0, 0.1) is 5.92 Å². The first-order chi connectivity index (χ1) is 12.8. The highest BCUT2D eigenvalue weighted by Crippen LogP contribution is 2.31. The smallest absolute Gasteiger partial charge is 0.252 e. The number of rotatable bonds is 5. The number of para-hydroxylation sites is 1. The molecule has 0 radical (unpaired) electrons. The Morgan fingerprint density at radius 1 is 1.33 bits per heavy atom. The van der Waals surface area contributed by atoms with E-state index in [1.807, 2.05) is 0 Å². The van der Waals surface area contributed by atoms with Gasteiger partial charge in [0, 0.05) is 18.7 Å². The number of carbonyl (C=O) groups is 1. The van der Waals surface area contributed by atoms with Crippen molar-refractivity contribution in [2.24, 2.45) is 5.92 Å². The van der Waals surface area contributed by atoms with Crippen molar-refractivity contribution in [1.29, 1.82) is 0 Å². The molecule has 3 rings (SSSR count). The van der Waals surface area contributed by atoms with E-state index < -0.39 is 15.9 Å². The highest BCUT2D eigenvalue weighted by molar-refractivity contribution is 9.11. The Morgan fingerprint density at radius 2 is 2.07 bits per heavy atom. The molecule has 0 spiro atoms. The molecule has 0 aliphatic carbocycles. The standard InChI is InChI=1S/C18H21BrN2O4S2/c1-12(14-6-2-3-7-15(14)22)20-18(23)13-5-4-10-21(11-13)27(24,25)17-9-8-16(19)26-17/h2-3,6-9,12-13,22H,4-5,10-11H2,1H3,(H,20,23)/t12-,13-/m0/s1. The zero-order valence-electron chi connectivity index (χ0n) is 14.8. The SMILES string of the molecule is C[C@H](NC(=O)[C@H]1CCCN(S(=O)(=O)c2ccc(Br)s2)C1)c1ccccc1O. The minimum atomic E-state index is -3.59. The van der Waals surface area contributed by atoms with Gasteiger partial charge in [-0.15, -0.1) is 11.3 Å². The predicted octanol–water partition coefficient (Wildman–Crippen LogP) is 3.49. The third-order valence-electron chi connectivity index (χ3n) is 4.66. The van der Waals surface area contributed by atoms with Crippen LogP contribution in [0.1, 0.15) is 31.4 Å². The first-order valence-electron chi connectivity index (χ1n) is 8.63. The lowest BCUT2D eigenvalue weighted by atomic mass is 9.97. The molecule has 27 heavy (non-hydrogen) atoms. The lowest BCUT2D eigenvalue weighted by molar-refractivity contribution is -0.126. The lowest BCUT2D eigenvalue weighted by Crippen LogP contribution is -2.45. The molecule has 2 aromatic rings. The normalized spacial score (nSPS) is 19.6. The molecule has 2 heterocycles. The van der Waals surface area contributed by atoms with E-state index in [0.717, 1.165) is 3.79 Å². The highest BCUT2D eigenvalue weighted by Gasteiger charge is 2.34. The van der Waals surface area contributed by atoms with Crippen LogP contribution in [0.3, 0.4) is 0 Å². The van der Waals surface area contributed by atoms with Crippen LogP contribution in [-0.2, 0) is 14.8 Å². The van der Waals surface area contributed by atoms with E-state index in [0.29, 0.717) is 24.9 Å². The number of thiophene rings is 1. The summed E-state index contributed by atoms with van der Waals surface area (Å²) in [6, 6.07) is 9.78. The molecular weight excluding hydrogens is 452 g/mol. The van der Waals surface area contributed by atoms with Crippen molar-refractivity contribution < 1.29 is 18.3 Å². The summed E-state index contributed by atoms with van der Waals surface area (Å²) in [6.07, 6.45) is 1.27. The van der Waals surface area contributed by atoms with E-state index >= 15 is 0 Å². The average molecular weight is 473 g/mol. The van der Waals surface area contributed by atoms with Crippen LogP contribution in [-0.4, -0.2) is 36.8 Å². The molecule has 0 saturated carbocycles. The van der Waals surface area contributed by atoms with Crippen LogP contribution in [0.4, 0.5) is 0 Å². The third kappa shape index (κ3) is 4.53. The number of sulfonamides is 1. The van der Waals surface area contributed by atoms with Gasteiger partial charge in [0.15, 0.2) is 0 Å². The number of aromatic hydroxyl groups is 1. The Hall–Kier alpha value is -1.42. The number of benzene rings is 1. The Labute approximate surface area is 171 Å². The number of hydrogen-bond donors (Lipinski definition) is 2. The van der Waals surface area contributed by atoms with Crippen LogP contribution in [0.5, 0.6) is 5.75 Å². The van der Waals surface area contributed by atoms with E-state index in [-0.39, 0.29) is 28.5 Å². The number of phenolic OH excluding ortho intramolecular Hbond substituents is 1. The Morgan fingerprint density at radius 3 is 2.74 bits per heavy atom. The van der Waals surface area contributed by atoms with Crippen molar-refractivity contribution in [3.05, 3.63) is 45.7 Å². The summed E-state index contributed by atoms with van der Waals surface area (Å²) in [6.45, 7) is 2.38. The minimum absolute atomic E-state index is 0.126. The number of hydrogen-bond acceptors (Lipinski definition) is 5. The molecule has 1 aliphatic heterocycles. The molecule has 0 bridgehead atoms. The number of amides is 1. The summed E-state index contributed by atoms with van der Waals surface area (Å²) in [5, 5.41) is 12.8. The van der Waals surface area contributed by atoms with Gasteiger partial charge in [-0.2, -0.15) is 4.31 Å². The number of halogens is 1. The largest absolute Gasteiger partial charge is 0.508 e. The van der Waals surface area contributed by atoms with Crippen LogP contribution in [0.15, 0.2) is 44.4 Å². The van der Waals surface area contributed by atoms with Crippen LogP contribution in [0.2, 0.25) is 0 Å². The molecule has 1 aliphatic rings. The van der Waals surface area contributed by atoms with Crippen molar-refractivity contribution in [2.45, 2.75) is 30.0 Å². The zero-order chi connectivity index (χ0) is 19.6. The van der Waals surface area contributed by atoms with Crippen molar-refractivity contribution in [2.75, 3.05) is 13.1 Å². The van der Waals surface area contributed by atoms with E-state index in [9.17, 15) is 18.3 Å². The van der Waals surface area contributed by atoms with Gasteiger partial charge in [-0.05, 0) is 53.9 Å². The molecule has 0 unspecified atom stereocenters. The summed E-state index contributed by atoms with van der Waals surface area (Å²) in [5.41, 5.74) is 0.634. The highest BCUT2D eigenvalue weighted by atomic mass is 79.9. The minimum Gasteiger partial charge on any atom is -0.508 e. The molecule has 1 fully saturated rings. The van der Waals surface area contributed by atoms with Gasteiger partial charge in [-0.3, -0.25) is 4.79 Å². The number of carbonyl (C=O) groups excluding carboxylic acids is 1. The summed E-state index contributed by atoms with van der Waals surface area (Å²) < 4.78 is 28.0. The quantitative estimate of drug-likeness (QED) is 0.696. The number of nitrogens with one attached hydrogen (secondary N) is 1. The zero-order valence-corrected chi connectivity index (χ0v) is 18.0. The van der Waals surface area contributed by atoms with E-state index in [1.54, 1.807) is 43.3 Å². The summed E-state index contributed by atoms with van der Waals surface area (Å²) >= 11 is 4.46. The van der Waals surface area contributed by atoms with Crippen molar-refractivity contribution in [3.63, 3.8) is 0 Å². The van der Waals surface area contributed by atoms with E-state index in [2.05, 4.69) is 21.2 Å². The first kappa shape index (κ1) is 20.3. The Bertz CT molecular complexity index is 929. The molecule has 2 N–H and O–H groups in total. The van der Waals surface area contributed by atoms with Gasteiger partial charge < -0.3 is 10.4 Å². The number of nitrogens with zero attached hydrogens (tertiary/aromatic N) is 1. The third-order valence-corrected chi connectivity index (χ3v) is 8.62. The topological polar surface area (TPSA) is 86.7 Å². The van der Waals surface area contributed by atoms with Gasteiger partial charge in [0.25, 0.3) is 10.0 Å². The molecular formula is C18H21BrN2O4S2. The van der Waals surface area contributed by atoms with Crippen molar-refractivity contribution in [3.8, 4) is 5.75 Å². The molecule has 1 amide bonds. The first-order valence-corrected chi connectivity index (χ1v) is 11.7. The van der Waals surface area contributed by atoms with Gasteiger partial charge in [0.2, 0.25) is 5.91 Å². The fraction of sp³-hybridized carbons (Fsp3) is 0.389. The molecule has 2 atom stereocenters. The molecule has 1 aromatic heterocycles. The maximum absolute atomic E-state index is 12.8. The Balaban J connectivity index is 1.69. The summed E-state index contributed by atoms with van der Waals surface area (Å²) in [4.78, 5) is 12.7.